The first kappa shape index (κ1) is 21.9. The molecule has 1 fully saturated rings. The second-order valence-corrected chi connectivity index (χ2v) is 7.43. The molecule has 2 atom stereocenters. The number of aromatic nitrogens is 4. The van der Waals surface area contributed by atoms with Crippen molar-refractivity contribution >= 4 is 5.78 Å². The number of aliphatic hydroxyl groups excluding tert-OH is 1. The van der Waals surface area contributed by atoms with E-state index in [1.54, 1.807) is 24.1 Å². The molecule has 1 N–H and O–H groups in total. The number of rotatable bonds is 6. The number of halogens is 3. The highest BCUT2D eigenvalue weighted by atomic mass is 19.4. The number of ketones is 1. The van der Waals surface area contributed by atoms with Gasteiger partial charge in [-0.05, 0) is 30.3 Å². The molecule has 0 amide bonds. The Morgan fingerprint density at radius 1 is 1.22 bits per heavy atom. The van der Waals surface area contributed by atoms with Crippen molar-refractivity contribution in [1.82, 2.24) is 19.7 Å². The van der Waals surface area contributed by atoms with Crippen molar-refractivity contribution in [3.8, 4) is 28.4 Å². The summed E-state index contributed by atoms with van der Waals surface area (Å²) >= 11 is 0. The number of alkyl halides is 3. The van der Waals surface area contributed by atoms with Gasteiger partial charge in [0.15, 0.2) is 11.6 Å². The van der Waals surface area contributed by atoms with E-state index in [0.717, 1.165) is 0 Å². The summed E-state index contributed by atoms with van der Waals surface area (Å²) in [5, 5.41) is 14.0. The fourth-order valence-corrected chi connectivity index (χ4v) is 3.36. The molecule has 0 bridgehead atoms. The molecule has 0 aliphatic carbocycles. The molecule has 0 unspecified atom stereocenters. The van der Waals surface area contributed by atoms with Crippen molar-refractivity contribution in [2.75, 3.05) is 13.2 Å². The summed E-state index contributed by atoms with van der Waals surface area (Å²) in [7, 11) is 1.72. The van der Waals surface area contributed by atoms with Gasteiger partial charge in [-0.2, -0.15) is 5.10 Å². The topological polar surface area (TPSA) is 99.4 Å². The third-order valence-corrected chi connectivity index (χ3v) is 4.97. The van der Waals surface area contributed by atoms with Crippen molar-refractivity contribution in [2.24, 2.45) is 13.0 Å². The van der Waals surface area contributed by atoms with E-state index < -0.39 is 12.5 Å². The maximum absolute atomic E-state index is 12.9. The largest absolute Gasteiger partial charge is 0.573 e. The third-order valence-electron chi connectivity index (χ3n) is 4.97. The van der Waals surface area contributed by atoms with Gasteiger partial charge in [0, 0.05) is 31.1 Å². The van der Waals surface area contributed by atoms with Crippen LogP contribution in [-0.2, 0) is 11.8 Å². The number of aliphatic hydroxyl groups is 1. The van der Waals surface area contributed by atoms with Crippen LogP contribution in [0.1, 0.15) is 16.9 Å². The Morgan fingerprint density at radius 3 is 2.56 bits per heavy atom. The third kappa shape index (κ3) is 5.11. The molecule has 2 aromatic heterocycles. The Balaban J connectivity index is 1.68. The van der Waals surface area contributed by atoms with Crippen LogP contribution in [0.4, 0.5) is 13.2 Å². The Morgan fingerprint density at radius 2 is 1.97 bits per heavy atom. The second kappa shape index (κ2) is 8.67. The van der Waals surface area contributed by atoms with E-state index in [4.69, 9.17) is 4.74 Å². The monoisotopic (exact) mass is 448 g/mol. The van der Waals surface area contributed by atoms with Crippen molar-refractivity contribution in [1.29, 1.82) is 0 Å². The first-order valence-electron chi connectivity index (χ1n) is 9.71. The van der Waals surface area contributed by atoms with Gasteiger partial charge in [-0.1, -0.05) is 0 Å². The zero-order valence-corrected chi connectivity index (χ0v) is 16.9. The summed E-state index contributed by atoms with van der Waals surface area (Å²) in [4.78, 5) is 21.7. The van der Waals surface area contributed by atoms with E-state index >= 15 is 0 Å². The molecule has 1 aromatic carbocycles. The van der Waals surface area contributed by atoms with Crippen LogP contribution < -0.4 is 4.74 Å². The lowest BCUT2D eigenvalue weighted by Crippen LogP contribution is -2.21. The number of nitrogens with zero attached hydrogens (tertiary/aromatic N) is 4. The second-order valence-electron chi connectivity index (χ2n) is 7.43. The molecule has 0 radical (unpaired) electrons. The van der Waals surface area contributed by atoms with Gasteiger partial charge in [0.1, 0.15) is 11.4 Å². The van der Waals surface area contributed by atoms with E-state index in [0.29, 0.717) is 16.8 Å². The number of benzene rings is 1. The van der Waals surface area contributed by atoms with Crippen LogP contribution in [0.5, 0.6) is 5.75 Å². The number of Topliss-reactive ketones (excluding diaryl/α,β-unsaturated/α-hetero) is 1. The molecule has 3 aromatic rings. The predicted octanol–water partition coefficient (Wildman–Crippen LogP) is 3.02. The van der Waals surface area contributed by atoms with Crippen molar-refractivity contribution in [3.63, 3.8) is 0 Å². The van der Waals surface area contributed by atoms with Gasteiger partial charge < -0.3 is 14.6 Å². The number of carbonyl (C=O) groups is 1. The van der Waals surface area contributed by atoms with Crippen LogP contribution in [-0.4, -0.2) is 56.3 Å². The van der Waals surface area contributed by atoms with Crippen LogP contribution in [0.15, 0.2) is 42.7 Å². The van der Waals surface area contributed by atoms with Gasteiger partial charge in [-0.3, -0.25) is 9.48 Å². The molecular formula is C21H19F3N4O4. The van der Waals surface area contributed by atoms with Crippen LogP contribution in [0.2, 0.25) is 0 Å². The first-order chi connectivity index (χ1) is 15.2. The van der Waals surface area contributed by atoms with E-state index in [1.807, 2.05) is 0 Å². The highest BCUT2D eigenvalue weighted by Crippen LogP contribution is 2.28. The number of aryl methyl sites for hydroxylation is 1. The minimum atomic E-state index is -4.79. The minimum absolute atomic E-state index is 0.0441. The van der Waals surface area contributed by atoms with Crippen LogP contribution in [0.25, 0.3) is 22.6 Å². The van der Waals surface area contributed by atoms with Gasteiger partial charge in [-0.15, -0.1) is 13.2 Å². The molecule has 1 aliphatic heterocycles. The maximum Gasteiger partial charge on any atom is 0.573 e. The Bertz CT molecular complexity index is 1110. The van der Waals surface area contributed by atoms with Gasteiger partial charge in [0.25, 0.3) is 0 Å². The quantitative estimate of drug-likeness (QED) is 0.579. The maximum atomic E-state index is 12.9. The summed E-state index contributed by atoms with van der Waals surface area (Å²) < 4.78 is 47.9. The molecule has 4 rings (SSSR count). The Labute approximate surface area is 180 Å². The molecule has 3 heterocycles. The molecule has 0 saturated carbocycles. The van der Waals surface area contributed by atoms with Gasteiger partial charge in [0.05, 0.1) is 36.8 Å². The number of ether oxygens (including phenoxy) is 2. The summed E-state index contributed by atoms with van der Waals surface area (Å²) in [5.41, 5.74) is 1.53. The Hall–Kier alpha value is -3.31. The standard InChI is InChI=1S/C21H19F3N4O4/c1-28-9-14(8-25-28)20-26-16(12-2-4-15(5-3-12)32-21(22,23)24)7-17(27-20)18(29)6-13-10-31-11-19(13)30/h2-5,7-9,13,19,30H,6,10-11H2,1H3/t13-,19+/m0/s1. The fraction of sp³-hybridized carbons (Fsp3) is 0.333. The van der Waals surface area contributed by atoms with E-state index in [2.05, 4.69) is 19.8 Å². The molecule has 1 aliphatic rings. The molecular weight excluding hydrogens is 429 g/mol. The summed E-state index contributed by atoms with van der Waals surface area (Å²) in [5.74, 6) is -0.751. The average Bonchev–Trinajstić information content (AvgIpc) is 3.35. The fourth-order valence-electron chi connectivity index (χ4n) is 3.36. The SMILES string of the molecule is Cn1cc(-c2nc(C(=O)C[C@H]3COC[C@H]3O)cc(-c3ccc(OC(F)(F)F)cc3)n2)cn1. The zero-order chi connectivity index (χ0) is 22.9. The molecule has 32 heavy (non-hydrogen) atoms. The summed E-state index contributed by atoms with van der Waals surface area (Å²) in [6.07, 6.45) is -2.25. The van der Waals surface area contributed by atoms with Crippen LogP contribution >= 0.6 is 0 Å². The summed E-state index contributed by atoms with van der Waals surface area (Å²) in [6.45, 7) is 0.460. The van der Waals surface area contributed by atoms with Gasteiger partial charge in [0.2, 0.25) is 0 Å². The zero-order valence-electron chi connectivity index (χ0n) is 16.9. The first-order valence-corrected chi connectivity index (χ1v) is 9.71. The van der Waals surface area contributed by atoms with E-state index in [9.17, 15) is 23.1 Å². The number of hydrogen-bond donors (Lipinski definition) is 1. The lowest BCUT2D eigenvalue weighted by atomic mass is 9.97. The normalized spacial score (nSPS) is 18.7. The van der Waals surface area contributed by atoms with Crippen molar-refractivity contribution in [2.45, 2.75) is 18.9 Å². The molecule has 8 nitrogen and oxygen atoms in total. The smallest absolute Gasteiger partial charge is 0.406 e. The minimum Gasteiger partial charge on any atom is -0.406 e. The van der Waals surface area contributed by atoms with Gasteiger partial charge in [-0.25, -0.2) is 9.97 Å². The van der Waals surface area contributed by atoms with Crippen LogP contribution in [0.3, 0.4) is 0 Å². The molecule has 1 saturated heterocycles. The number of hydrogen-bond acceptors (Lipinski definition) is 7. The number of carbonyl (C=O) groups excluding carboxylic acids is 1. The lowest BCUT2D eigenvalue weighted by Gasteiger charge is -2.12. The lowest BCUT2D eigenvalue weighted by molar-refractivity contribution is -0.274. The summed E-state index contributed by atoms with van der Waals surface area (Å²) in [6, 6.07) is 6.65. The molecule has 11 heteroatoms. The molecule has 168 valence electrons. The van der Waals surface area contributed by atoms with E-state index in [1.165, 1.54) is 30.3 Å². The van der Waals surface area contributed by atoms with Crippen molar-refractivity contribution < 1.29 is 32.5 Å². The highest BCUT2D eigenvalue weighted by Gasteiger charge is 2.31. The van der Waals surface area contributed by atoms with Crippen LogP contribution in [0, 0.1) is 5.92 Å². The van der Waals surface area contributed by atoms with Gasteiger partial charge >= 0.3 is 6.36 Å². The molecule has 0 spiro atoms. The average molecular weight is 448 g/mol. The van der Waals surface area contributed by atoms with E-state index in [-0.39, 0.29) is 48.6 Å². The highest BCUT2D eigenvalue weighted by molar-refractivity contribution is 5.95. The van der Waals surface area contributed by atoms with Crippen molar-refractivity contribution in [3.05, 3.63) is 48.4 Å². The Kier molecular flexibility index (Phi) is 5.94. The predicted molar refractivity (Wildman–Crippen MR) is 106 cm³/mol.